The maximum atomic E-state index is 11.6. The van der Waals surface area contributed by atoms with Gasteiger partial charge in [-0.1, -0.05) is 17.7 Å². The highest BCUT2D eigenvalue weighted by molar-refractivity contribution is 6.30. The third kappa shape index (κ3) is 4.99. The zero-order chi connectivity index (χ0) is 13.7. The van der Waals surface area contributed by atoms with Crippen LogP contribution in [0.25, 0.3) is 0 Å². The monoisotopic (exact) mass is 282 g/mol. The van der Waals surface area contributed by atoms with E-state index in [1.165, 1.54) is 12.8 Å². The molecule has 1 atom stereocenters. The van der Waals surface area contributed by atoms with Gasteiger partial charge in [-0.2, -0.15) is 0 Å². The van der Waals surface area contributed by atoms with Gasteiger partial charge in [-0.25, -0.2) is 4.79 Å². The summed E-state index contributed by atoms with van der Waals surface area (Å²) in [5, 5.41) is 6.34. The highest BCUT2D eigenvalue weighted by atomic mass is 35.5. The van der Waals surface area contributed by atoms with Crippen molar-refractivity contribution in [2.75, 3.05) is 13.2 Å². The summed E-state index contributed by atoms with van der Waals surface area (Å²) in [6.07, 6.45) is 2.44. The van der Waals surface area contributed by atoms with Crippen LogP contribution >= 0.6 is 11.6 Å². The average Bonchev–Trinajstić information content (AvgIpc) is 3.19. The Balaban J connectivity index is 1.59. The number of benzene rings is 1. The van der Waals surface area contributed by atoms with Crippen molar-refractivity contribution in [2.24, 2.45) is 5.92 Å². The van der Waals surface area contributed by atoms with E-state index in [2.05, 4.69) is 10.6 Å². The van der Waals surface area contributed by atoms with Gasteiger partial charge in [0.1, 0.15) is 12.4 Å². The molecule has 1 aliphatic carbocycles. The predicted molar refractivity (Wildman–Crippen MR) is 75.7 cm³/mol. The summed E-state index contributed by atoms with van der Waals surface area (Å²) in [4.78, 5) is 11.6. The Hall–Kier alpha value is -1.42. The van der Waals surface area contributed by atoms with E-state index in [1.54, 1.807) is 12.1 Å². The highest BCUT2D eigenvalue weighted by Crippen LogP contribution is 2.32. The van der Waals surface area contributed by atoms with Crippen molar-refractivity contribution in [3.05, 3.63) is 29.3 Å². The molecule has 0 bridgehead atoms. The van der Waals surface area contributed by atoms with Crippen molar-refractivity contribution >= 4 is 17.6 Å². The number of rotatable bonds is 6. The van der Waals surface area contributed by atoms with Crippen LogP contribution in [0, 0.1) is 5.92 Å². The molecular formula is C14H19ClN2O2. The van der Waals surface area contributed by atoms with Crippen molar-refractivity contribution < 1.29 is 9.53 Å². The van der Waals surface area contributed by atoms with Crippen LogP contribution in [-0.4, -0.2) is 25.2 Å². The predicted octanol–water partition coefficient (Wildman–Crippen LogP) is 2.82. The van der Waals surface area contributed by atoms with E-state index in [9.17, 15) is 4.79 Å². The minimum atomic E-state index is -0.130. The molecule has 104 valence electrons. The van der Waals surface area contributed by atoms with Crippen LogP contribution in [0.1, 0.15) is 19.8 Å². The van der Waals surface area contributed by atoms with Crippen molar-refractivity contribution in [2.45, 2.75) is 25.8 Å². The van der Waals surface area contributed by atoms with Gasteiger partial charge in [0.15, 0.2) is 0 Å². The van der Waals surface area contributed by atoms with E-state index in [-0.39, 0.29) is 12.1 Å². The van der Waals surface area contributed by atoms with Crippen LogP contribution in [0.5, 0.6) is 5.75 Å². The number of urea groups is 1. The second kappa shape index (κ2) is 6.66. The van der Waals surface area contributed by atoms with E-state index < -0.39 is 0 Å². The fourth-order valence-corrected chi connectivity index (χ4v) is 2.04. The standard InChI is InChI=1S/C14H19ClN2O2/c1-10(11-5-6-11)17-14(18)16-7-8-19-13-4-2-3-12(15)9-13/h2-4,9-11H,5-8H2,1H3,(H2,16,17,18). The Bertz CT molecular complexity index is 435. The number of nitrogens with one attached hydrogen (secondary N) is 2. The Morgan fingerprint density at radius 2 is 2.32 bits per heavy atom. The lowest BCUT2D eigenvalue weighted by Crippen LogP contribution is -2.43. The number of hydrogen-bond donors (Lipinski definition) is 2. The second-order valence-corrected chi connectivity index (χ2v) is 5.27. The molecule has 1 saturated carbocycles. The van der Waals surface area contributed by atoms with E-state index in [1.807, 2.05) is 19.1 Å². The summed E-state index contributed by atoms with van der Waals surface area (Å²) in [5.41, 5.74) is 0. The second-order valence-electron chi connectivity index (χ2n) is 4.83. The molecule has 0 aromatic heterocycles. The van der Waals surface area contributed by atoms with Crippen LogP contribution in [0.3, 0.4) is 0 Å². The number of halogens is 1. The molecule has 1 unspecified atom stereocenters. The first kappa shape index (κ1) is 14.0. The molecule has 4 nitrogen and oxygen atoms in total. The molecule has 0 radical (unpaired) electrons. The zero-order valence-electron chi connectivity index (χ0n) is 11.0. The summed E-state index contributed by atoms with van der Waals surface area (Å²) >= 11 is 5.84. The topological polar surface area (TPSA) is 50.4 Å². The minimum Gasteiger partial charge on any atom is -0.492 e. The lowest BCUT2D eigenvalue weighted by molar-refractivity contribution is 0.232. The highest BCUT2D eigenvalue weighted by Gasteiger charge is 2.28. The van der Waals surface area contributed by atoms with Gasteiger partial charge in [0, 0.05) is 11.1 Å². The molecule has 0 saturated heterocycles. The van der Waals surface area contributed by atoms with Gasteiger partial charge in [0.2, 0.25) is 0 Å². The number of ether oxygens (including phenoxy) is 1. The first-order chi connectivity index (χ1) is 9.15. The SMILES string of the molecule is CC(NC(=O)NCCOc1cccc(Cl)c1)C1CC1. The number of carbonyl (C=O) groups is 1. The third-order valence-corrected chi connectivity index (χ3v) is 3.38. The summed E-state index contributed by atoms with van der Waals surface area (Å²) in [6.45, 7) is 2.93. The van der Waals surface area contributed by atoms with Crippen LogP contribution in [-0.2, 0) is 0 Å². The molecule has 0 aliphatic heterocycles. The van der Waals surface area contributed by atoms with Gasteiger partial charge in [-0.15, -0.1) is 0 Å². The Kier molecular flexibility index (Phi) is 4.91. The first-order valence-corrected chi connectivity index (χ1v) is 6.95. The Morgan fingerprint density at radius 3 is 3.00 bits per heavy atom. The smallest absolute Gasteiger partial charge is 0.315 e. The van der Waals surface area contributed by atoms with Crippen LogP contribution in [0.4, 0.5) is 4.79 Å². The molecule has 2 amide bonds. The Labute approximate surface area is 118 Å². The zero-order valence-corrected chi connectivity index (χ0v) is 11.7. The summed E-state index contributed by atoms with van der Waals surface area (Å²) < 4.78 is 5.48. The van der Waals surface area contributed by atoms with Crippen molar-refractivity contribution in [1.82, 2.24) is 10.6 Å². The Morgan fingerprint density at radius 1 is 1.53 bits per heavy atom. The summed E-state index contributed by atoms with van der Waals surface area (Å²) in [7, 11) is 0. The fraction of sp³-hybridized carbons (Fsp3) is 0.500. The van der Waals surface area contributed by atoms with E-state index in [0.717, 1.165) is 0 Å². The van der Waals surface area contributed by atoms with Gasteiger partial charge in [-0.3, -0.25) is 0 Å². The molecule has 1 aromatic rings. The van der Waals surface area contributed by atoms with Crippen LogP contribution < -0.4 is 15.4 Å². The molecule has 1 aliphatic rings. The maximum Gasteiger partial charge on any atom is 0.315 e. The van der Waals surface area contributed by atoms with Gasteiger partial charge in [-0.05, 0) is 43.9 Å². The maximum absolute atomic E-state index is 11.6. The molecule has 1 aromatic carbocycles. The van der Waals surface area contributed by atoms with Gasteiger partial charge < -0.3 is 15.4 Å². The average molecular weight is 283 g/mol. The molecule has 2 rings (SSSR count). The van der Waals surface area contributed by atoms with Crippen molar-refractivity contribution in [3.63, 3.8) is 0 Å². The van der Waals surface area contributed by atoms with Gasteiger partial charge >= 0.3 is 6.03 Å². The van der Waals surface area contributed by atoms with Crippen LogP contribution in [0.15, 0.2) is 24.3 Å². The summed E-state index contributed by atoms with van der Waals surface area (Å²) in [5.74, 6) is 1.37. The van der Waals surface area contributed by atoms with E-state index in [0.29, 0.717) is 29.8 Å². The van der Waals surface area contributed by atoms with Crippen molar-refractivity contribution in [3.8, 4) is 5.75 Å². The van der Waals surface area contributed by atoms with Gasteiger partial charge in [0.25, 0.3) is 0 Å². The molecule has 5 heteroatoms. The molecule has 2 N–H and O–H groups in total. The molecular weight excluding hydrogens is 264 g/mol. The third-order valence-electron chi connectivity index (χ3n) is 3.14. The van der Waals surface area contributed by atoms with E-state index >= 15 is 0 Å². The number of amides is 2. The normalized spacial score (nSPS) is 15.7. The van der Waals surface area contributed by atoms with Crippen LogP contribution in [0.2, 0.25) is 5.02 Å². The lowest BCUT2D eigenvalue weighted by Gasteiger charge is -2.14. The van der Waals surface area contributed by atoms with E-state index in [4.69, 9.17) is 16.3 Å². The quantitative estimate of drug-likeness (QED) is 0.788. The van der Waals surface area contributed by atoms with Crippen molar-refractivity contribution in [1.29, 1.82) is 0 Å². The molecule has 19 heavy (non-hydrogen) atoms. The largest absolute Gasteiger partial charge is 0.492 e. The molecule has 1 fully saturated rings. The lowest BCUT2D eigenvalue weighted by atomic mass is 10.2. The molecule has 0 spiro atoms. The van der Waals surface area contributed by atoms with Gasteiger partial charge in [0.05, 0.1) is 6.54 Å². The summed E-state index contributed by atoms with van der Waals surface area (Å²) in [6, 6.07) is 7.33. The number of hydrogen-bond acceptors (Lipinski definition) is 2. The fourth-order valence-electron chi connectivity index (χ4n) is 1.86. The first-order valence-electron chi connectivity index (χ1n) is 6.58. The minimum absolute atomic E-state index is 0.130. The molecule has 0 heterocycles. The number of carbonyl (C=O) groups excluding carboxylic acids is 1.